The zero-order valence-corrected chi connectivity index (χ0v) is 7.33. The fourth-order valence-corrected chi connectivity index (χ4v) is 1.24. The zero-order chi connectivity index (χ0) is 8.81. The predicted octanol–water partition coefficient (Wildman–Crippen LogP) is -0.555. The smallest absolute Gasteiger partial charge is 0.245 e. The summed E-state index contributed by atoms with van der Waals surface area (Å²) in [4.78, 5) is 14.3. The highest BCUT2D eigenvalue weighted by Gasteiger charge is 2.47. The van der Waals surface area contributed by atoms with Gasteiger partial charge in [-0.15, -0.1) is 0 Å². The molecule has 4 nitrogen and oxygen atoms in total. The van der Waals surface area contributed by atoms with Gasteiger partial charge in [0.1, 0.15) is 0 Å². The van der Waals surface area contributed by atoms with Crippen molar-refractivity contribution in [2.24, 2.45) is 0 Å². The SMILES string of the molecule is CN1C(=O)C(C)(C)N(C)C1O. The minimum absolute atomic E-state index is 0.0486. The van der Waals surface area contributed by atoms with Crippen LogP contribution in [-0.2, 0) is 4.79 Å². The number of nitrogens with zero attached hydrogens (tertiary/aromatic N) is 2. The monoisotopic (exact) mass is 158 g/mol. The lowest BCUT2D eigenvalue weighted by atomic mass is 10.1. The van der Waals surface area contributed by atoms with Crippen LogP contribution in [0.5, 0.6) is 0 Å². The van der Waals surface area contributed by atoms with Crippen molar-refractivity contribution in [1.29, 1.82) is 0 Å². The van der Waals surface area contributed by atoms with Gasteiger partial charge in [-0.1, -0.05) is 0 Å². The molecule has 64 valence electrons. The molecular formula is C7H14N2O2. The molecule has 11 heavy (non-hydrogen) atoms. The van der Waals surface area contributed by atoms with Crippen LogP contribution in [0, 0.1) is 0 Å². The summed E-state index contributed by atoms with van der Waals surface area (Å²) in [7, 11) is 3.32. The van der Waals surface area contributed by atoms with E-state index in [1.165, 1.54) is 4.90 Å². The van der Waals surface area contributed by atoms with Crippen LogP contribution >= 0.6 is 0 Å². The molecule has 1 N–H and O–H groups in total. The maximum absolute atomic E-state index is 11.4. The van der Waals surface area contributed by atoms with E-state index in [0.29, 0.717) is 0 Å². The van der Waals surface area contributed by atoms with Gasteiger partial charge in [0, 0.05) is 7.05 Å². The Kier molecular flexibility index (Phi) is 1.69. The molecule has 0 spiro atoms. The Morgan fingerprint density at radius 2 is 1.91 bits per heavy atom. The normalized spacial score (nSPS) is 31.5. The molecule has 4 heteroatoms. The van der Waals surface area contributed by atoms with E-state index in [2.05, 4.69) is 0 Å². The third-order valence-corrected chi connectivity index (χ3v) is 2.42. The van der Waals surface area contributed by atoms with E-state index in [4.69, 9.17) is 0 Å². The molecule has 1 aliphatic heterocycles. The summed E-state index contributed by atoms with van der Waals surface area (Å²) >= 11 is 0. The second-order valence-corrected chi connectivity index (χ2v) is 3.43. The predicted molar refractivity (Wildman–Crippen MR) is 40.6 cm³/mol. The van der Waals surface area contributed by atoms with Gasteiger partial charge in [-0.05, 0) is 20.9 Å². The summed E-state index contributed by atoms with van der Waals surface area (Å²) in [6.45, 7) is 3.59. The number of hydrogen-bond acceptors (Lipinski definition) is 3. The number of carbonyl (C=O) groups excluding carboxylic acids is 1. The molecule has 1 atom stereocenters. The lowest BCUT2D eigenvalue weighted by Gasteiger charge is -2.25. The average Bonchev–Trinajstić information content (AvgIpc) is 2.06. The van der Waals surface area contributed by atoms with Gasteiger partial charge in [0.05, 0.1) is 5.54 Å². The minimum Gasteiger partial charge on any atom is -0.361 e. The summed E-state index contributed by atoms with van der Waals surface area (Å²) in [5, 5.41) is 9.40. The highest BCUT2D eigenvalue weighted by atomic mass is 16.3. The van der Waals surface area contributed by atoms with Crippen LogP contribution < -0.4 is 0 Å². The molecule has 1 amide bonds. The number of likely N-dealkylation sites (N-methyl/N-ethyl adjacent to an activating group) is 2. The zero-order valence-electron chi connectivity index (χ0n) is 7.33. The first-order valence-electron chi connectivity index (χ1n) is 3.57. The average molecular weight is 158 g/mol. The van der Waals surface area contributed by atoms with E-state index in [0.717, 1.165) is 0 Å². The Morgan fingerprint density at radius 3 is 2.00 bits per heavy atom. The molecule has 0 saturated carbocycles. The van der Waals surface area contributed by atoms with Crippen molar-refractivity contribution in [1.82, 2.24) is 9.80 Å². The second-order valence-electron chi connectivity index (χ2n) is 3.43. The highest BCUT2D eigenvalue weighted by Crippen LogP contribution is 2.25. The molecule has 0 radical (unpaired) electrons. The lowest BCUT2D eigenvalue weighted by molar-refractivity contribution is -0.134. The number of amides is 1. The third kappa shape index (κ3) is 0.937. The summed E-state index contributed by atoms with van der Waals surface area (Å²) < 4.78 is 0. The van der Waals surface area contributed by atoms with Crippen molar-refractivity contribution < 1.29 is 9.90 Å². The molecular weight excluding hydrogens is 144 g/mol. The molecule has 1 fully saturated rings. The van der Waals surface area contributed by atoms with Crippen LogP contribution in [0.2, 0.25) is 0 Å². The Hall–Kier alpha value is -0.610. The molecule has 0 aromatic carbocycles. The number of hydrogen-bond donors (Lipinski definition) is 1. The van der Waals surface area contributed by atoms with Gasteiger partial charge >= 0.3 is 0 Å². The number of rotatable bonds is 0. The van der Waals surface area contributed by atoms with Crippen LogP contribution in [-0.4, -0.2) is 46.8 Å². The van der Waals surface area contributed by atoms with Crippen molar-refractivity contribution in [2.45, 2.75) is 25.7 Å². The van der Waals surface area contributed by atoms with Crippen molar-refractivity contribution in [2.75, 3.05) is 14.1 Å². The van der Waals surface area contributed by atoms with E-state index >= 15 is 0 Å². The Morgan fingerprint density at radius 1 is 1.45 bits per heavy atom. The van der Waals surface area contributed by atoms with Crippen LogP contribution in [0.1, 0.15) is 13.8 Å². The first kappa shape index (κ1) is 8.49. The molecule has 0 bridgehead atoms. The molecule has 1 saturated heterocycles. The van der Waals surface area contributed by atoms with Crippen LogP contribution in [0.4, 0.5) is 0 Å². The summed E-state index contributed by atoms with van der Waals surface area (Å²) in [6.07, 6.45) is -0.780. The Balaban J connectivity index is 2.96. The number of aliphatic hydroxyl groups is 1. The summed E-state index contributed by atoms with van der Waals surface area (Å²) in [5.41, 5.74) is -0.575. The van der Waals surface area contributed by atoms with Gasteiger partial charge in [-0.25, -0.2) is 4.90 Å². The fourth-order valence-electron chi connectivity index (χ4n) is 1.24. The quantitative estimate of drug-likeness (QED) is 0.514. The second kappa shape index (κ2) is 2.19. The van der Waals surface area contributed by atoms with E-state index in [-0.39, 0.29) is 5.91 Å². The van der Waals surface area contributed by atoms with Gasteiger partial charge < -0.3 is 10.0 Å². The van der Waals surface area contributed by atoms with Gasteiger partial charge in [0.25, 0.3) is 0 Å². The lowest BCUT2D eigenvalue weighted by Crippen LogP contribution is -2.42. The third-order valence-electron chi connectivity index (χ3n) is 2.42. The number of carbonyl (C=O) groups is 1. The largest absolute Gasteiger partial charge is 0.361 e. The van der Waals surface area contributed by atoms with Gasteiger partial charge in [-0.3, -0.25) is 4.79 Å². The van der Waals surface area contributed by atoms with Gasteiger partial charge in [-0.2, -0.15) is 0 Å². The number of aliphatic hydroxyl groups excluding tert-OH is 1. The van der Waals surface area contributed by atoms with Crippen molar-refractivity contribution >= 4 is 5.91 Å². The van der Waals surface area contributed by atoms with Crippen molar-refractivity contribution in [3.05, 3.63) is 0 Å². The van der Waals surface area contributed by atoms with Crippen LogP contribution in [0.3, 0.4) is 0 Å². The van der Waals surface area contributed by atoms with Crippen LogP contribution in [0.25, 0.3) is 0 Å². The Labute approximate surface area is 66.4 Å². The first-order chi connectivity index (χ1) is 4.89. The van der Waals surface area contributed by atoms with Crippen molar-refractivity contribution in [3.63, 3.8) is 0 Å². The first-order valence-corrected chi connectivity index (χ1v) is 3.57. The maximum Gasteiger partial charge on any atom is 0.245 e. The topological polar surface area (TPSA) is 43.8 Å². The van der Waals surface area contributed by atoms with Crippen molar-refractivity contribution in [3.8, 4) is 0 Å². The van der Waals surface area contributed by atoms with E-state index in [9.17, 15) is 9.90 Å². The molecule has 0 aromatic rings. The van der Waals surface area contributed by atoms with E-state index in [1.807, 2.05) is 0 Å². The molecule has 0 aromatic heterocycles. The molecule has 1 unspecified atom stereocenters. The van der Waals surface area contributed by atoms with Gasteiger partial charge in [0.2, 0.25) is 5.91 Å². The van der Waals surface area contributed by atoms with E-state index in [1.54, 1.807) is 32.8 Å². The maximum atomic E-state index is 11.4. The summed E-state index contributed by atoms with van der Waals surface area (Å²) in [5.74, 6) is -0.0486. The van der Waals surface area contributed by atoms with Crippen LogP contribution in [0.15, 0.2) is 0 Å². The standard InChI is InChI=1S/C7H14N2O2/c1-7(2)5(10)8(3)6(11)9(7)4/h6,11H,1-4H3. The minimum atomic E-state index is -0.780. The molecule has 1 aliphatic rings. The highest BCUT2D eigenvalue weighted by molar-refractivity contribution is 5.87. The Bertz CT molecular complexity index is 191. The summed E-state index contributed by atoms with van der Waals surface area (Å²) in [6, 6.07) is 0. The van der Waals surface area contributed by atoms with E-state index < -0.39 is 11.9 Å². The molecule has 0 aliphatic carbocycles. The molecule has 1 heterocycles. The van der Waals surface area contributed by atoms with Gasteiger partial charge in [0.15, 0.2) is 6.35 Å². The molecule has 1 rings (SSSR count). The fraction of sp³-hybridized carbons (Fsp3) is 0.857.